The minimum absolute atomic E-state index is 0.155. The molecule has 1 unspecified atom stereocenters. The van der Waals surface area contributed by atoms with E-state index in [2.05, 4.69) is 10.5 Å². The van der Waals surface area contributed by atoms with Crippen LogP contribution in [0.5, 0.6) is 0 Å². The fourth-order valence-corrected chi connectivity index (χ4v) is 2.60. The third-order valence-electron chi connectivity index (χ3n) is 4.03. The van der Waals surface area contributed by atoms with Crippen LogP contribution in [0.25, 0.3) is 0 Å². The number of esters is 1. The lowest BCUT2D eigenvalue weighted by molar-refractivity contribution is 0.00133. The summed E-state index contributed by atoms with van der Waals surface area (Å²) in [4.78, 5) is 26.0. The Kier molecular flexibility index (Phi) is 4.02. The van der Waals surface area contributed by atoms with Crippen molar-refractivity contribution in [1.29, 1.82) is 0 Å². The molecule has 2 heterocycles. The number of aromatic nitrogens is 1. The molecule has 2 amide bonds. The summed E-state index contributed by atoms with van der Waals surface area (Å²) in [5.74, 6) is 0.436. The maximum absolute atomic E-state index is 12.4. The zero-order valence-electron chi connectivity index (χ0n) is 14.7. The predicted octanol–water partition coefficient (Wildman–Crippen LogP) is 3.07. The van der Waals surface area contributed by atoms with E-state index in [9.17, 15) is 9.59 Å². The molecular formula is C18H21N3O4. The molecule has 1 aliphatic rings. The first-order valence-corrected chi connectivity index (χ1v) is 8.04. The first-order chi connectivity index (χ1) is 11.7. The monoisotopic (exact) mass is 343 g/mol. The van der Waals surface area contributed by atoms with Gasteiger partial charge in [0, 0.05) is 11.5 Å². The van der Waals surface area contributed by atoms with Crippen LogP contribution in [0.4, 0.5) is 10.6 Å². The standard InChI is InChI=1S/C18H21N3O4/c1-17(2,3)13-10-14(20-25-13)21-16(23)19-11-18(21,4)24-15(22)12-8-6-5-7-9-12/h5-10H,11H2,1-4H3,(H,19,23). The molecular weight excluding hydrogens is 322 g/mol. The molecule has 0 saturated carbocycles. The second kappa shape index (κ2) is 5.91. The van der Waals surface area contributed by atoms with E-state index in [1.54, 1.807) is 37.3 Å². The summed E-state index contributed by atoms with van der Waals surface area (Å²) in [6, 6.07) is 9.94. The second-order valence-corrected chi connectivity index (χ2v) is 7.22. The third kappa shape index (κ3) is 3.22. The van der Waals surface area contributed by atoms with Gasteiger partial charge in [-0.25, -0.2) is 14.5 Å². The van der Waals surface area contributed by atoms with E-state index in [1.165, 1.54) is 4.90 Å². The van der Waals surface area contributed by atoms with Gasteiger partial charge in [-0.2, -0.15) is 0 Å². The van der Waals surface area contributed by atoms with Crippen LogP contribution < -0.4 is 10.2 Å². The van der Waals surface area contributed by atoms with E-state index in [-0.39, 0.29) is 12.0 Å². The molecule has 7 heteroatoms. The van der Waals surface area contributed by atoms with Crippen molar-refractivity contribution >= 4 is 17.8 Å². The Morgan fingerprint density at radius 1 is 1.32 bits per heavy atom. The lowest BCUT2D eigenvalue weighted by Gasteiger charge is -2.31. The van der Waals surface area contributed by atoms with Gasteiger partial charge >= 0.3 is 12.0 Å². The molecule has 25 heavy (non-hydrogen) atoms. The lowest BCUT2D eigenvalue weighted by atomic mass is 9.93. The van der Waals surface area contributed by atoms with Gasteiger partial charge in [0.15, 0.2) is 5.82 Å². The number of anilines is 1. The molecule has 3 rings (SSSR count). The Morgan fingerprint density at radius 3 is 2.60 bits per heavy atom. The number of nitrogens with one attached hydrogen (secondary N) is 1. The molecule has 0 spiro atoms. The Bertz CT molecular complexity index is 794. The molecule has 1 atom stereocenters. The molecule has 7 nitrogen and oxygen atoms in total. The van der Waals surface area contributed by atoms with Crippen LogP contribution in [-0.2, 0) is 10.2 Å². The smallest absolute Gasteiger partial charge is 0.340 e. The maximum atomic E-state index is 12.4. The van der Waals surface area contributed by atoms with E-state index >= 15 is 0 Å². The number of hydrogen-bond donors (Lipinski definition) is 1. The molecule has 1 aliphatic heterocycles. The van der Waals surface area contributed by atoms with E-state index in [4.69, 9.17) is 9.26 Å². The summed E-state index contributed by atoms with van der Waals surface area (Å²) in [6.45, 7) is 7.77. The average Bonchev–Trinajstić information content (AvgIpc) is 3.13. The quantitative estimate of drug-likeness (QED) is 0.866. The molecule has 2 aromatic rings. The lowest BCUT2D eigenvalue weighted by Crippen LogP contribution is -2.48. The van der Waals surface area contributed by atoms with Gasteiger partial charge in [0.2, 0.25) is 5.72 Å². The Labute approximate surface area is 145 Å². The van der Waals surface area contributed by atoms with Crippen LogP contribution in [0.1, 0.15) is 43.8 Å². The zero-order valence-corrected chi connectivity index (χ0v) is 14.7. The summed E-state index contributed by atoms with van der Waals surface area (Å²) < 4.78 is 11.0. The van der Waals surface area contributed by atoms with Crippen LogP contribution in [0.3, 0.4) is 0 Å². The van der Waals surface area contributed by atoms with Crippen molar-refractivity contribution in [2.45, 2.75) is 38.8 Å². The molecule has 0 bridgehead atoms. The highest BCUT2D eigenvalue weighted by Gasteiger charge is 2.48. The molecule has 1 N–H and O–H groups in total. The van der Waals surface area contributed by atoms with E-state index in [1.807, 2.05) is 26.8 Å². The Morgan fingerprint density at radius 2 is 2.00 bits per heavy atom. The molecule has 0 aliphatic carbocycles. The largest absolute Gasteiger partial charge is 0.433 e. The van der Waals surface area contributed by atoms with Crippen molar-refractivity contribution in [3.8, 4) is 0 Å². The van der Waals surface area contributed by atoms with Crippen LogP contribution >= 0.6 is 0 Å². The van der Waals surface area contributed by atoms with Crippen molar-refractivity contribution in [3.05, 3.63) is 47.7 Å². The number of benzene rings is 1. The fourth-order valence-electron chi connectivity index (χ4n) is 2.60. The number of carbonyl (C=O) groups is 2. The number of urea groups is 1. The van der Waals surface area contributed by atoms with Gasteiger partial charge in [-0.3, -0.25) is 0 Å². The minimum Gasteiger partial charge on any atom is -0.433 e. The SMILES string of the molecule is CC(C)(C)c1cc(N2C(=O)NCC2(C)OC(=O)c2ccccc2)no1. The second-order valence-electron chi connectivity index (χ2n) is 7.22. The number of nitrogens with zero attached hydrogens (tertiary/aromatic N) is 2. The van der Waals surface area contributed by atoms with Gasteiger partial charge in [-0.1, -0.05) is 44.1 Å². The maximum Gasteiger partial charge on any atom is 0.340 e. The molecule has 0 radical (unpaired) electrons. The fraction of sp³-hybridized carbons (Fsp3) is 0.389. The summed E-state index contributed by atoms with van der Waals surface area (Å²) in [7, 11) is 0. The summed E-state index contributed by atoms with van der Waals surface area (Å²) in [5, 5.41) is 6.68. The van der Waals surface area contributed by atoms with Gasteiger partial charge in [-0.05, 0) is 19.1 Å². The number of ether oxygens (including phenoxy) is 1. The topological polar surface area (TPSA) is 84.7 Å². The minimum atomic E-state index is -1.20. The first-order valence-electron chi connectivity index (χ1n) is 8.04. The molecule has 1 aromatic carbocycles. The van der Waals surface area contributed by atoms with Gasteiger partial charge in [0.25, 0.3) is 0 Å². The highest BCUT2D eigenvalue weighted by Crippen LogP contribution is 2.32. The highest BCUT2D eigenvalue weighted by molar-refractivity contribution is 5.96. The van der Waals surface area contributed by atoms with Gasteiger partial charge < -0.3 is 14.6 Å². The van der Waals surface area contributed by atoms with E-state index in [0.29, 0.717) is 17.1 Å². The van der Waals surface area contributed by atoms with Crippen molar-refractivity contribution in [2.24, 2.45) is 0 Å². The van der Waals surface area contributed by atoms with Gasteiger partial charge in [0.05, 0.1) is 12.1 Å². The number of hydrogen-bond acceptors (Lipinski definition) is 5. The number of rotatable bonds is 3. The molecule has 1 aromatic heterocycles. The first kappa shape index (κ1) is 17.0. The summed E-state index contributed by atoms with van der Waals surface area (Å²) in [5.41, 5.74) is -1.03. The average molecular weight is 343 g/mol. The number of carbonyl (C=O) groups excluding carboxylic acids is 2. The Hall–Kier alpha value is -2.83. The van der Waals surface area contributed by atoms with Gasteiger partial charge in [-0.15, -0.1) is 0 Å². The van der Waals surface area contributed by atoms with Crippen LogP contribution in [0, 0.1) is 0 Å². The van der Waals surface area contributed by atoms with Crippen molar-refractivity contribution in [3.63, 3.8) is 0 Å². The molecule has 1 fully saturated rings. The van der Waals surface area contributed by atoms with Crippen molar-refractivity contribution < 1.29 is 18.8 Å². The van der Waals surface area contributed by atoms with Crippen molar-refractivity contribution in [2.75, 3.05) is 11.4 Å². The zero-order chi connectivity index (χ0) is 18.2. The Balaban J connectivity index is 1.88. The van der Waals surface area contributed by atoms with E-state index < -0.39 is 17.7 Å². The van der Waals surface area contributed by atoms with E-state index in [0.717, 1.165) is 0 Å². The van der Waals surface area contributed by atoms with Crippen LogP contribution in [0.2, 0.25) is 0 Å². The van der Waals surface area contributed by atoms with Gasteiger partial charge in [0.1, 0.15) is 5.76 Å². The third-order valence-corrected chi connectivity index (χ3v) is 4.03. The molecule has 132 valence electrons. The van der Waals surface area contributed by atoms with Crippen molar-refractivity contribution in [1.82, 2.24) is 10.5 Å². The van der Waals surface area contributed by atoms with Crippen LogP contribution in [-0.4, -0.2) is 29.4 Å². The summed E-state index contributed by atoms with van der Waals surface area (Å²) >= 11 is 0. The normalized spacial score (nSPS) is 20.5. The highest BCUT2D eigenvalue weighted by atomic mass is 16.6. The van der Waals surface area contributed by atoms with Crippen LogP contribution in [0.15, 0.2) is 40.9 Å². The number of amides is 2. The summed E-state index contributed by atoms with van der Waals surface area (Å²) in [6.07, 6.45) is 0. The predicted molar refractivity (Wildman–Crippen MR) is 91.3 cm³/mol. The molecule has 1 saturated heterocycles.